The quantitative estimate of drug-likeness (QED) is 0.206. The average Bonchev–Trinajstić information content (AvgIpc) is 2.76. The summed E-state index contributed by atoms with van der Waals surface area (Å²) < 4.78 is 0. The molecule has 8 nitrogen and oxygen atoms in total. The zero-order chi connectivity index (χ0) is 22.6. The number of aliphatic imine (C=N–C) groups is 1. The molecule has 0 spiro atoms. The maximum Gasteiger partial charge on any atom is 0.242 e. The van der Waals surface area contributed by atoms with Gasteiger partial charge in [0, 0.05) is 6.54 Å². The second kappa shape index (κ2) is 12.7. The highest BCUT2D eigenvalue weighted by Crippen LogP contribution is 2.27. The summed E-state index contributed by atoms with van der Waals surface area (Å²) >= 11 is 0. The van der Waals surface area contributed by atoms with Crippen molar-refractivity contribution in [2.45, 2.75) is 63.5 Å². The molecule has 0 saturated heterocycles. The van der Waals surface area contributed by atoms with E-state index >= 15 is 0 Å². The first-order valence-electron chi connectivity index (χ1n) is 11.0. The Morgan fingerprint density at radius 2 is 1.81 bits per heavy atom. The lowest BCUT2D eigenvalue weighted by Gasteiger charge is -2.25. The fourth-order valence-electron chi connectivity index (χ4n) is 3.92. The topological polar surface area (TPSA) is 149 Å². The van der Waals surface area contributed by atoms with Crippen molar-refractivity contribution in [1.29, 1.82) is 0 Å². The highest BCUT2D eigenvalue weighted by atomic mass is 16.2. The van der Waals surface area contributed by atoms with Crippen LogP contribution in [0.1, 0.15) is 50.5 Å². The van der Waals surface area contributed by atoms with E-state index in [9.17, 15) is 9.59 Å². The Morgan fingerprint density at radius 1 is 1.13 bits per heavy atom. The number of nitrogens with one attached hydrogen (secondary N) is 2. The van der Waals surface area contributed by atoms with Crippen molar-refractivity contribution < 1.29 is 9.59 Å². The summed E-state index contributed by atoms with van der Waals surface area (Å²) in [5.74, 6) is 0.0733. The average molecular weight is 429 g/mol. The normalized spacial score (nSPS) is 16.0. The smallest absolute Gasteiger partial charge is 0.242 e. The minimum absolute atomic E-state index is 0.0159. The molecule has 1 fully saturated rings. The Bertz CT molecular complexity index is 752. The summed E-state index contributed by atoms with van der Waals surface area (Å²) in [4.78, 5) is 29.2. The molecule has 31 heavy (non-hydrogen) atoms. The minimum atomic E-state index is -0.765. The van der Waals surface area contributed by atoms with Crippen molar-refractivity contribution in [2.75, 3.05) is 6.54 Å². The van der Waals surface area contributed by atoms with Crippen LogP contribution in [0.2, 0.25) is 0 Å². The van der Waals surface area contributed by atoms with Gasteiger partial charge in [-0.2, -0.15) is 0 Å². The molecule has 8 N–H and O–H groups in total. The minimum Gasteiger partial charge on any atom is -0.370 e. The van der Waals surface area contributed by atoms with Crippen LogP contribution in [-0.2, 0) is 16.0 Å². The van der Waals surface area contributed by atoms with Gasteiger partial charge in [0.2, 0.25) is 11.8 Å². The van der Waals surface area contributed by atoms with Crippen molar-refractivity contribution in [3.8, 4) is 0 Å². The van der Waals surface area contributed by atoms with Gasteiger partial charge in [0.1, 0.15) is 6.04 Å². The lowest BCUT2D eigenvalue weighted by Crippen LogP contribution is -2.52. The number of nitrogens with two attached hydrogens (primary N) is 3. The van der Waals surface area contributed by atoms with E-state index in [-0.39, 0.29) is 17.8 Å². The largest absolute Gasteiger partial charge is 0.370 e. The van der Waals surface area contributed by atoms with E-state index < -0.39 is 12.1 Å². The van der Waals surface area contributed by atoms with Gasteiger partial charge in [-0.15, -0.1) is 6.58 Å². The number of amides is 2. The monoisotopic (exact) mass is 428 g/mol. The predicted molar refractivity (Wildman–Crippen MR) is 125 cm³/mol. The SMILES string of the molecule is C=CCNC(=O)[C@H](CCC1CCCCC1)NC(=O)[C@@H](N)Cc1ccc(N=C(N)N)cc1. The standard InChI is InChI=1S/C23H36N6O2/c1-2-14-27-22(31)20(13-10-16-6-4-3-5-7-16)29-21(30)19(24)15-17-8-11-18(12-9-17)28-23(25)26/h2,8-9,11-12,16,19-20H,1,3-7,10,13-15,24H2,(H,27,31)(H,29,30)(H4,25,26,28)/t19-,20-/m0/s1. The number of rotatable bonds is 11. The highest BCUT2D eigenvalue weighted by Gasteiger charge is 2.25. The van der Waals surface area contributed by atoms with Crippen LogP contribution in [0.3, 0.4) is 0 Å². The van der Waals surface area contributed by atoms with E-state index in [1.807, 2.05) is 12.1 Å². The number of hydrogen-bond acceptors (Lipinski definition) is 4. The molecule has 0 radical (unpaired) electrons. The zero-order valence-corrected chi connectivity index (χ0v) is 18.2. The van der Waals surface area contributed by atoms with Gasteiger partial charge in [-0.3, -0.25) is 9.59 Å². The van der Waals surface area contributed by atoms with Crippen LogP contribution in [0.25, 0.3) is 0 Å². The molecule has 0 heterocycles. The van der Waals surface area contributed by atoms with E-state index in [4.69, 9.17) is 17.2 Å². The Kier molecular flexibility index (Phi) is 10.0. The fraction of sp³-hybridized carbons (Fsp3) is 0.522. The van der Waals surface area contributed by atoms with Crippen molar-refractivity contribution in [2.24, 2.45) is 28.1 Å². The first-order valence-corrected chi connectivity index (χ1v) is 11.0. The van der Waals surface area contributed by atoms with E-state index in [2.05, 4.69) is 22.2 Å². The lowest BCUT2D eigenvalue weighted by molar-refractivity contribution is -0.129. The Labute approximate surface area is 184 Å². The maximum atomic E-state index is 12.7. The molecule has 2 atom stereocenters. The molecule has 1 aliphatic carbocycles. The summed E-state index contributed by atoms with van der Waals surface area (Å²) in [5, 5.41) is 5.65. The molecule has 0 unspecified atom stereocenters. The molecule has 0 bridgehead atoms. The summed E-state index contributed by atoms with van der Waals surface area (Å²) in [6.07, 6.45) is 9.68. The molecule has 8 heteroatoms. The molecule has 2 amide bonds. The van der Waals surface area contributed by atoms with Gasteiger partial charge in [0.05, 0.1) is 11.7 Å². The molecule has 1 aliphatic rings. The number of carbonyl (C=O) groups is 2. The van der Waals surface area contributed by atoms with E-state index in [0.717, 1.165) is 12.0 Å². The van der Waals surface area contributed by atoms with Crippen LogP contribution in [0.4, 0.5) is 5.69 Å². The summed E-state index contributed by atoms with van der Waals surface area (Å²) in [5.41, 5.74) is 18.4. The lowest BCUT2D eigenvalue weighted by atomic mass is 9.85. The summed E-state index contributed by atoms with van der Waals surface area (Å²) in [6, 6.07) is 5.81. The van der Waals surface area contributed by atoms with E-state index in [0.29, 0.717) is 31.0 Å². The van der Waals surface area contributed by atoms with Crippen LogP contribution >= 0.6 is 0 Å². The second-order valence-electron chi connectivity index (χ2n) is 8.19. The predicted octanol–water partition coefficient (Wildman–Crippen LogP) is 1.61. The van der Waals surface area contributed by atoms with Crippen LogP contribution < -0.4 is 27.8 Å². The fourth-order valence-corrected chi connectivity index (χ4v) is 3.92. The number of benzene rings is 1. The molecule has 0 aromatic heterocycles. The molecule has 2 rings (SSSR count). The molecule has 170 valence electrons. The van der Waals surface area contributed by atoms with Crippen molar-refractivity contribution in [3.05, 3.63) is 42.5 Å². The van der Waals surface area contributed by atoms with Gasteiger partial charge >= 0.3 is 0 Å². The third kappa shape index (κ3) is 8.80. The van der Waals surface area contributed by atoms with Crippen molar-refractivity contribution in [3.63, 3.8) is 0 Å². The Morgan fingerprint density at radius 3 is 2.42 bits per heavy atom. The van der Waals surface area contributed by atoms with Gasteiger partial charge < -0.3 is 27.8 Å². The number of carbonyl (C=O) groups excluding carboxylic acids is 2. The van der Waals surface area contributed by atoms with Crippen LogP contribution in [0.15, 0.2) is 41.9 Å². The van der Waals surface area contributed by atoms with Gasteiger partial charge in [-0.25, -0.2) is 4.99 Å². The van der Waals surface area contributed by atoms with Crippen LogP contribution in [-0.4, -0.2) is 36.4 Å². The van der Waals surface area contributed by atoms with E-state index in [1.54, 1.807) is 18.2 Å². The maximum absolute atomic E-state index is 12.7. The van der Waals surface area contributed by atoms with Crippen molar-refractivity contribution >= 4 is 23.5 Å². The molecule has 0 aliphatic heterocycles. The zero-order valence-electron chi connectivity index (χ0n) is 18.2. The van der Waals surface area contributed by atoms with Crippen LogP contribution in [0, 0.1) is 5.92 Å². The Hall–Kier alpha value is -2.87. The molecule has 1 aromatic rings. The first kappa shape index (κ1) is 24.4. The van der Waals surface area contributed by atoms with E-state index in [1.165, 1.54) is 32.1 Å². The van der Waals surface area contributed by atoms with Gasteiger partial charge in [0.15, 0.2) is 5.96 Å². The molecular weight excluding hydrogens is 392 g/mol. The highest BCUT2D eigenvalue weighted by molar-refractivity contribution is 5.89. The Balaban J connectivity index is 1.93. The van der Waals surface area contributed by atoms with Gasteiger partial charge in [0.25, 0.3) is 0 Å². The third-order valence-electron chi connectivity index (χ3n) is 5.63. The number of nitrogens with zero attached hydrogens (tertiary/aromatic N) is 1. The number of hydrogen-bond donors (Lipinski definition) is 5. The summed E-state index contributed by atoms with van der Waals surface area (Å²) in [7, 11) is 0. The molecule has 1 aromatic carbocycles. The first-order chi connectivity index (χ1) is 14.9. The number of guanidine groups is 1. The molecule has 1 saturated carbocycles. The second-order valence-corrected chi connectivity index (χ2v) is 8.19. The van der Waals surface area contributed by atoms with Gasteiger partial charge in [-0.1, -0.05) is 50.3 Å². The summed E-state index contributed by atoms with van der Waals surface area (Å²) in [6.45, 7) is 3.99. The van der Waals surface area contributed by atoms with Crippen LogP contribution in [0.5, 0.6) is 0 Å². The molecular formula is C23H36N6O2. The third-order valence-corrected chi connectivity index (χ3v) is 5.63. The van der Waals surface area contributed by atoms with Gasteiger partial charge in [-0.05, 0) is 42.9 Å². The van der Waals surface area contributed by atoms with Crippen molar-refractivity contribution in [1.82, 2.24) is 10.6 Å².